The zero-order valence-electron chi connectivity index (χ0n) is 16.6. The average molecular weight is 430 g/mol. The van der Waals surface area contributed by atoms with E-state index in [2.05, 4.69) is 10.4 Å². The number of nitrogens with one attached hydrogen (secondary N) is 1. The van der Waals surface area contributed by atoms with Gasteiger partial charge in [0.05, 0.1) is 11.2 Å². The second kappa shape index (κ2) is 9.43. The van der Waals surface area contributed by atoms with E-state index in [9.17, 15) is 4.79 Å². The van der Waals surface area contributed by atoms with Gasteiger partial charge in [0.2, 0.25) is 0 Å². The third-order valence-electron chi connectivity index (χ3n) is 4.76. The number of carbonyl (C=O) groups excluding carboxylic acids is 1. The van der Waals surface area contributed by atoms with E-state index < -0.39 is 0 Å². The number of hydrogen-bond donors (Lipinski definition) is 2. The molecule has 0 aliphatic carbocycles. The molecule has 0 spiro atoms. The van der Waals surface area contributed by atoms with Crippen LogP contribution in [0.2, 0.25) is 5.02 Å². The van der Waals surface area contributed by atoms with E-state index in [1.54, 1.807) is 30.3 Å². The van der Waals surface area contributed by atoms with Gasteiger partial charge < -0.3 is 4.74 Å². The SMILES string of the molecule is NNC(=O)/C(=C/c1ccc(OCc2ccc3ccccc3n2)cc1)c1ccc(Cl)cc1. The van der Waals surface area contributed by atoms with Gasteiger partial charge in [-0.3, -0.25) is 10.2 Å². The van der Waals surface area contributed by atoms with E-state index in [4.69, 9.17) is 22.2 Å². The molecular weight excluding hydrogens is 410 g/mol. The van der Waals surface area contributed by atoms with Crippen LogP contribution in [-0.4, -0.2) is 10.9 Å². The summed E-state index contributed by atoms with van der Waals surface area (Å²) in [5.41, 5.74) is 5.98. The second-order valence-electron chi connectivity index (χ2n) is 6.89. The topological polar surface area (TPSA) is 77.2 Å². The fourth-order valence-corrected chi connectivity index (χ4v) is 3.29. The quantitative estimate of drug-likeness (QED) is 0.149. The van der Waals surface area contributed by atoms with Crippen LogP contribution in [0.3, 0.4) is 0 Å². The minimum absolute atomic E-state index is 0.367. The smallest absolute Gasteiger partial charge is 0.265 e. The first-order chi connectivity index (χ1) is 15.1. The number of nitrogens with zero attached hydrogens (tertiary/aromatic N) is 1. The molecule has 0 aliphatic rings. The van der Waals surface area contributed by atoms with E-state index >= 15 is 0 Å². The molecule has 0 saturated carbocycles. The van der Waals surface area contributed by atoms with Crippen molar-refractivity contribution in [2.45, 2.75) is 6.61 Å². The first-order valence-electron chi connectivity index (χ1n) is 9.68. The number of pyridine rings is 1. The van der Waals surface area contributed by atoms with Crippen LogP contribution in [-0.2, 0) is 11.4 Å². The van der Waals surface area contributed by atoms with Gasteiger partial charge in [-0.05, 0) is 53.6 Å². The zero-order valence-corrected chi connectivity index (χ0v) is 17.3. The molecule has 1 amide bonds. The minimum atomic E-state index is -0.384. The second-order valence-corrected chi connectivity index (χ2v) is 7.33. The summed E-state index contributed by atoms with van der Waals surface area (Å²) in [5.74, 6) is 5.68. The lowest BCUT2D eigenvalue weighted by molar-refractivity contribution is -0.115. The van der Waals surface area contributed by atoms with Crippen LogP contribution in [0.15, 0.2) is 84.9 Å². The molecule has 4 aromatic rings. The van der Waals surface area contributed by atoms with Crippen LogP contribution in [0.5, 0.6) is 5.75 Å². The van der Waals surface area contributed by atoms with Crippen molar-refractivity contribution >= 4 is 40.1 Å². The molecular formula is C25H20ClN3O2. The number of fused-ring (bicyclic) bond motifs is 1. The number of nitrogens with two attached hydrogens (primary N) is 1. The zero-order chi connectivity index (χ0) is 21.6. The number of ether oxygens (including phenoxy) is 1. The Hall–Kier alpha value is -3.67. The van der Waals surface area contributed by atoms with Crippen LogP contribution < -0.4 is 16.0 Å². The summed E-state index contributed by atoms with van der Waals surface area (Å²) in [6.07, 6.45) is 1.76. The van der Waals surface area contributed by atoms with E-state index in [-0.39, 0.29) is 5.91 Å². The van der Waals surface area contributed by atoms with Gasteiger partial charge in [0.25, 0.3) is 5.91 Å². The molecule has 0 unspecified atom stereocenters. The van der Waals surface area contributed by atoms with E-state index in [0.29, 0.717) is 23.0 Å². The Balaban J connectivity index is 1.49. The van der Waals surface area contributed by atoms with Crippen molar-refractivity contribution in [3.05, 3.63) is 107 Å². The van der Waals surface area contributed by atoms with E-state index in [1.165, 1.54) is 0 Å². The van der Waals surface area contributed by atoms with Gasteiger partial charge >= 0.3 is 0 Å². The van der Waals surface area contributed by atoms with Gasteiger partial charge in [0, 0.05) is 16.0 Å². The minimum Gasteiger partial charge on any atom is -0.487 e. The number of carbonyl (C=O) groups is 1. The highest BCUT2D eigenvalue weighted by atomic mass is 35.5. The molecule has 1 heterocycles. The van der Waals surface area contributed by atoms with Crippen molar-refractivity contribution in [1.29, 1.82) is 0 Å². The predicted molar refractivity (Wildman–Crippen MR) is 124 cm³/mol. The van der Waals surface area contributed by atoms with Crippen molar-refractivity contribution in [1.82, 2.24) is 10.4 Å². The number of benzene rings is 3. The lowest BCUT2D eigenvalue weighted by Crippen LogP contribution is -2.30. The lowest BCUT2D eigenvalue weighted by atomic mass is 10.0. The van der Waals surface area contributed by atoms with Crippen molar-refractivity contribution in [3.8, 4) is 5.75 Å². The number of halogens is 1. The highest BCUT2D eigenvalue weighted by Crippen LogP contribution is 2.22. The number of hydrogen-bond acceptors (Lipinski definition) is 4. The van der Waals surface area contributed by atoms with Gasteiger partial charge in [0.1, 0.15) is 12.4 Å². The van der Waals surface area contributed by atoms with Crippen molar-refractivity contribution in [2.24, 2.45) is 5.84 Å². The maximum absolute atomic E-state index is 12.3. The lowest BCUT2D eigenvalue weighted by Gasteiger charge is -2.09. The summed E-state index contributed by atoms with van der Waals surface area (Å²) in [5, 5.41) is 1.69. The number of amides is 1. The fraction of sp³-hybridized carbons (Fsp3) is 0.0400. The third kappa shape index (κ3) is 5.09. The van der Waals surface area contributed by atoms with Gasteiger partial charge in [-0.25, -0.2) is 10.8 Å². The first-order valence-corrected chi connectivity index (χ1v) is 10.1. The standard InChI is InChI=1S/C25H20ClN3O2/c26-20-10-7-18(8-11-20)23(25(30)29-27)15-17-5-13-22(14-6-17)31-16-21-12-9-19-3-1-2-4-24(19)28-21/h1-15H,16,27H2,(H,29,30)/b23-15+. The summed E-state index contributed by atoms with van der Waals surface area (Å²) in [7, 11) is 0. The average Bonchev–Trinajstić information content (AvgIpc) is 2.82. The number of aromatic nitrogens is 1. The highest BCUT2D eigenvalue weighted by Gasteiger charge is 2.11. The number of rotatable bonds is 6. The summed E-state index contributed by atoms with van der Waals surface area (Å²) in [6, 6.07) is 26.4. The Morgan fingerprint density at radius 1 is 0.968 bits per heavy atom. The predicted octanol–water partition coefficient (Wildman–Crippen LogP) is 5.00. The molecule has 0 radical (unpaired) electrons. The normalized spacial score (nSPS) is 11.4. The van der Waals surface area contributed by atoms with Crippen LogP contribution in [0.4, 0.5) is 0 Å². The molecule has 6 heteroatoms. The third-order valence-corrected chi connectivity index (χ3v) is 5.02. The maximum Gasteiger partial charge on any atom is 0.265 e. The van der Waals surface area contributed by atoms with Crippen LogP contribution in [0.25, 0.3) is 22.6 Å². The molecule has 5 nitrogen and oxygen atoms in total. The van der Waals surface area contributed by atoms with Gasteiger partial charge in [0.15, 0.2) is 0 Å². The Morgan fingerprint density at radius 2 is 1.71 bits per heavy atom. The van der Waals surface area contributed by atoms with Gasteiger partial charge in [-0.2, -0.15) is 0 Å². The molecule has 0 atom stereocenters. The Labute approximate surface area is 185 Å². The fourth-order valence-electron chi connectivity index (χ4n) is 3.16. The summed E-state index contributed by atoms with van der Waals surface area (Å²) < 4.78 is 5.87. The number of para-hydroxylation sites is 1. The Kier molecular flexibility index (Phi) is 6.26. The summed E-state index contributed by atoms with van der Waals surface area (Å²) in [4.78, 5) is 16.9. The monoisotopic (exact) mass is 429 g/mol. The van der Waals surface area contributed by atoms with Gasteiger partial charge in [-0.1, -0.05) is 60.1 Å². The van der Waals surface area contributed by atoms with E-state index in [1.807, 2.05) is 60.7 Å². The van der Waals surface area contributed by atoms with Crippen molar-refractivity contribution in [2.75, 3.05) is 0 Å². The Bertz CT molecular complexity index is 1240. The molecule has 31 heavy (non-hydrogen) atoms. The molecule has 4 rings (SSSR count). The summed E-state index contributed by atoms with van der Waals surface area (Å²) in [6.45, 7) is 0.367. The van der Waals surface area contributed by atoms with Crippen LogP contribution in [0.1, 0.15) is 16.8 Å². The van der Waals surface area contributed by atoms with Crippen molar-refractivity contribution in [3.63, 3.8) is 0 Å². The molecule has 3 N–H and O–H groups in total. The molecule has 0 saturated heterocycles. The molecule has 0 bridgehead atoms. The number of hydrazine groups is 1. The molecule has 154 valence electrons. The Morgan fingerprint density at radius 3 is 2.45 bits per heavy atom. The first kappa shape index (κ1) is 20.6. The molecule has 0 fully saturated rings. The highest BCUT2D eigenvalue weighted by molar-refractivity contribution is 6.31. The largest absolute Gasteiger partial charge is 0.487 e. The molecule has 0 aliphatic heterocycles. The molecule has 1 aromatic heterocycles. The summed E-state index contributed by atoms with van der Waals surface area (Å²) >= 11 is 5.95. The van der Waals surface area contributed by atoms with Crippen LogP contribution in [0, 0.1) is 0 Å². The van der Waals surface area contributed by atoms with Crippen LogP contribution >= 0.6 is 11.6 Å². The maximum atomic E-state index is 12.3. The molecule has 3 aromatic carbocycles. The van der Waals surface area contributed by atoms with E-state index in [0.717, 1.165) is 27.7 Å². The van der Waals surface area contributed by atoms with Crippen molar-refractivity contribution < 1.29 is 9.53 Å². The van der Waals surface area contributed by atoms with Gasteiger partial charge in [-0.15, -0.1) is 0 Å².